The van der Waals surface area contributed by atoms with Crippen LogP contribution >= 0.6 is 24.0 Å². The molecule has 126 valence electrons. The molecule has 0 radical (unpaired) electrons. The quantitative estimate of drug-likeness (QED) is 0.642. The number of thioether (sulfide) groups is 1. The smallest absolute Gasteiger partial charge is 0.335 e. The summed E-state index contributed by atoms with van der Waals surface area (Å²) in [5, 5.41) is 9.19. The van der Waals surface area contributed by atoms with Crippen molar-refractivity contribution in [2.45, 2.75) is 13.8 Å². The molecule has 1 aliphatic heterocycles. The highest BCUT2D eigenvalue weighted by molar-refractivity contribution is 8.27. The molecule has 3 rings (SSSR count). The molecular formula is C19H15NO3S2. The summed E-state index contributed by atoms with van der Waals surface area (Å²) >= 11 is 6.58. The Morgan fingerprint density at radius 1 is 1.16 bits per heavy atom. The minimum atomic E-state index is -1.04. The summed E-state index contributed by atoms with van der Waals surface area (Å²) in [6.07, 6.45) is 1.80. The van der Waals surface area contributed by atoms with Gasteiger partial charge < -0.3 is 5.11 Å². The van der Waals surface area contributed by atoms with Gasteiger partial charge in [-0.3, -0.25) is 9.69 Å². The van der Waals surface area contributed by atoms with Crippen molar-refractivity contribution in [3.05, 3.63) is 69.6 Å². The van der Waals surface area contributed by atoms with Crippen LogP contribution in [0.25, 0.3) is 6.08 Å². The Hall–Kier alpha value is -2.44. The Kier molecular flexibility index (Phi) is 4.74. The molecule has 1 amide bonds. The van der Waals surface area contributed by atoms with Crippen LogP contribution in [0.1, 0.15) is 27.0 Å². The van der Waals surface area contributed by atoms with E-state index in [-0.39, 0.29) is 11.5 Å². The molecular weight excluding hydrogens is 354 g/mol. The fraction of sp³-hybridized carbons (Fsp3) is 0.105. The second-order valence-electron chi connectivity index (χ2n) is 5.73. The average molecular weight is 369 g/mol. The maximum atomic E-state index is 12.8. The molecule has 0 aromatic heterocycles. The zero-order valence-corrected chi connectivity index (χ0v) is 15.3. The monoisotopic (exact) mass is 369 g/mol. The van der Waals surface area contributed by atoms with Gasteiger partial charge in [-0.15, -0.1) is 0 Å². The number of benzene rings is 2. The van der Waals surface area contributed by atoms with Crippen molar-refractivity contribution in [1.82, 2.24) is 0 Å². The van der Waals surface area contributed by atoms with Crippen LogP contribution in [0.2, 0.25) is 0 Å². The molecule has 4 nitrogen and oxygen atoms in total. The van der Waals surface area contributed by atoms with Gasteiger partial charge in [-0.1, -0.05) is 59.9 Å². The predicted octanol–water partition coefficient (Wildman–Crippen LogP) is 4.41. The average Bonchev–Trinajstić information content (AvgIpc) is 2.84. The molecule has 6 heteroatoms. The third kappa shape index (κ3) is 3.50. The second-order valence-corrected chi connectivity index (χ2v) is 7.41. The summed E-state index contributed by atoms with van der Waals surface area (Å²) in [5.74, 6) is -1.27. The first-order chi connectivity index (χ1) is 11.9. The standard InChI is InChI=1S/C19H15NO3S2/c1-11-3-6-13(7-4-11)9-16-17(21)20(19(24)25-16)15-10-14(18(22)23)8-5-12(15)2/h3-10H,1-2H3,(H,22,23). The van der Waals surface area contributed by atoms with Crippen LogP contribution in [0.15, 0.2) is 47.4 Å². The molecule has 0 unspecified atom stereocenters. The van der Waals surface area contributed by atoms with Gasteiger partial charge in [0, 0.05) is 0 Å². The Morgan fingerprint density at radius 3 is 2.48 bits per heavy atom. The molecule has 2 aromatic rings. The van der Waals surface area contributed by atoms with E-state index in [2.05, 4.69) is 0 Å². The Bertz CT molecular complexity index is 917. The molecule has 0 spiro atoms. The lowest BCUT2D eigenvalue weighted by molar-refractivity contribution is -0.113. The molecule has 0 bridgehead atoms. The predicted molar refractivity (Wildman–Crippen MR) is 105 cm³/mol. The van der Waals surface area contributed by atoms with Crippen molar-refractivity contribution in [2.24, 2.45) is 0 Å². The van der Waals surface area contributed by atoms with Gasteiger partial charge in [0.05, 0.1) is 16.2 Å². The topological polar surface area (TPSA) is 57.6 Å². The summed E-state index contributed by atoms with van der Waals surface area (Å²) in [6, 6.07) is 12.5. The number of hydrogen-bond donors (Lipinski definition) is 1. The number of hydrogen-bond acceptors (Lipinski definition) is 4. The minimum Gasteiger partial charge on any atom is -0.478 e. The number of aryl methyl sites for hydroxylation is 2. The van der Waals surface area contributed by atoms with Gasteiger partial charge in [0.25, 0.3) is 5.91 Å². The summed E-state index contributed by atoms with van der Waals surface area (Å²) in [5.41, 5.74) is 3.48. The van der Waals surface area contributed by atoms with Crippen molar-refractivity contribution in [1.29, 1.82) is 0 Å². The van der Waals surface area contributed by atoms with Crippen molar-refractivity contribution in [2.75, 3.05) is 4.90 Å². The fourth-order valence-corrected chi connectivity index (χ4v) is 3.76. The Morgan fingerprint density at radius 2 is 1.84 bits per heavy atom. The normalized spacial score (nSPS) is 15.9. The van der Waals surface area contributed by atoms with Crippen LogP contribution in [0.4, 0.5) is 5.69 Å². The van der Waals surface area contributed by atoms with Crippen LogP contribution in [-0.4, -0.2) is 21.3 Å². The van der Waals surface area contributed by atoms with Crippen molar-refractivity contribution >= 4 is 51.9 Å². The van der Waals surface area contributed by atoms with Crippen molar-refractivity contribution in [3.63, 3.8) is 0 Å². The largest absolute Gasteiger partial charge is 0.478 e. The lowest BCUT2D eigenvalue weighted by atomic mass is 10.1. The first kappa shape index (κ1) is 17.4. The fourth-order valence-electron chi connectivity index (χ4n) is 2.47. The lowest BCUT2D eigenvalue weighted by Gasteiger charge is -2.17. The molecule has 0 saturated carbocycles. The van der Waals surface area contributed by atoms with Crippen LogP contribution in [0.5, 0.6) is 0 Å². The zero-order valence-electron chi connectivity index (χ0n) is 13.6. The van der Waals surface area contributed by atoms with E-state index in [1.54, 1.807) is 12.1 Å². The maximum Gasteiger partial charge on any atom is 0.335 e. The van der Waals surface area contributed by atoms with Gasteiger partial charge in [0.2, 0.25) is 0 Å². The first-order valence-corrected chi connectivity index (χ1v) is 8.78. The summed E-state index contributed by atoms with van der Waals surface area (Å²) in [4.78, 5) is 26.0. The third-order valence-corrected chi connectivity index (χ3v) is 5.17. The molecule has 1 aliphatic rings. The number of carboxylic acids is 1. The highest BCUT2D eigenvalue weighted by Gasteiger charge is 2.34. The maximum absolute atomic E-state index is 12.8. The SMILES string of the molecule is Cc1ccc(C=C2SC(=S)N(c3cc(C(=O)O)ccc3C)C2=O)cc1. The van der Waals surface area contributed by atoms with Crippen LogP contribution in [0, 0.1) is 13.8 Å². The number of anilines is 1. The second kappa shape index (κ2) is 6.82. The number of thiocarbonyl (C=S) groups is 1. The van der Waals surface area contributed by atoms with E-state index in [1.807, 2.05) is 38.1 Å². The van der Waals surface area contributed by atoms with Crippen LogP contribution in [-0.2, 0) is 4.79 Å². The van der Waals surface area contributed by atoms with Gasteiger partial charge in [-0.25, -0.2) is 4.79 Å². The van der Waals surface area contributed by atoms with Gasteiger partial charge in [-0.05, 0) is 43.2 Å². The number of aromatic carboxylic acids is 1. The summed E-state index contributed by atoms with van der Waals surface area (Å²) < 4.78 is 0.397. The number of rotatable bonds is 3. The molecule has 1 heterocycles. The van der Waals surface area contributed by atoms with E-state index in [0.717, 1.165) is 16.7 Å². The van der Waals surface area contributed by atoms with E-state index in [1.165, 1.54) is 28.8 Å². The third-order valence-electron chi connectivity index (χ3n) is 3.87. The minimum absolute atomic E-state index is 0.122. The zero-order chi connectivity index (χ0) is 18.1. The molecule has 1 saturated heterocycles. The lowest BCUT2D eigenvalue weighted by Crippen LogP contribution is -2.28. The molecule has 1 N–H and O–H groups in total. The highest BCUT2D eigenvalue weighted by atomic mass is 32.2. The van der Waals surface area contributed by atoms with E-state index in [9.17, 15) is 14.7 Å². The number of carbonyl (C=O) groups is 2. The molecule has 2 aromatic carbocycles. The van der Waals surface area contributed by atoms with Gasteiger partial charge in [0.15, 0.2) is 4.32 Å². The number of carbonyl (C=O) groups excluding carboxylic acids is 1. The van der Waals surface area contributed by atoms with Crippen LogP contribution in [0.3, 0.4) is 0 Å². The molecule has 25 heavy (non-hydrogen) atoms. The summed E-state index contributed by atoms with van der Waals surface area (Å²) in [6.45, 7) is 3.82. The Balaban J connectivity index is 1.98. The van der Waals surface area contributed by atoms with Gasteiger partial charge in [-0.2, -0.15) is 0 Å². The summed E-state index contributed by atoms with van der Waals surface area (Å²) in [7, 11) is 0. The van der Waals surface area contributed by atoms with Crippen molar-refractivity contribution < 1.29 is 14.7 Å². The van der Waals surface area contributed by atoms with E-state index < -0.39 is 5.97 Å². The van der Waals surface area contributed by atoms with Gasteiger partial charge >= 0.3 is 5.97 Å². The number of nitrogens with zero attached hydrogens (tertiary/aromatic N) is 1. The van der Waals surface area contributed by atoms with E-state index in [4.69, 9.17) is 12.2 Å². The highest BCUT2D eigenvalue weighted by Crippen LogP contribution is 2.37. The van der Waals surface area contributed by atoms with Crippen molar-refractivity contribution in [3.8, 4) is 0 Å². The molecule has 0 atom stereocenters. The van der Waals surface area contributed by atoms with E-state index in [0.29, 0.717) is 14.9 Å². The van der Waals surface area contributed by atoms with Gasteiger partial charge in [0.1, 0.15) is 0 Å². The number of amides is 1. The van der Waals surface area contributed by atoms with E-state index >= 15 is 0 Å². The van der Waals surface area contributed by atoms with Crippen LogP contribution < -0.4 is 4.90 Å². The first-order valence-electron chi connectivity index (χ1n) is 7.55. The molecule has 1 fully saturated rings. The Labute approximate surface area is 155 Å². The molecule has 0 aliphatic carbocycles. The number of carboxylic acid groups (broad SMARTS) is 1.